The van der Waals surface area contributed by atoms with Crippen LogP contribution in [-0.2, 0) is 18.3 Å². The van der Waals surface area contributed by atoms with Gasteiger partial charge in [-0.25, -0.2) is 9.48 Å². The zero-order valence-electron chi connectivity index (χ0n) is 11.9. The fraction of sp³-hybridized carbons (Fsp3) is 0.500. The molecule has 0 fully saturated rings. The van der Waals surface area contributed by atoms with Gasteiger partial charge < -0.3 is 9.84 Å². The molecule has 0 aliphatic heterocycles. The van der Waals surface area contributed by atoms with Crippen molar-refractivity contribution in [1.82, 2.24) is 24.8 Å². The second-order valence-electron chi connectivity index (χ2n) is 4.39. The number of hydrogen-bond donors (Lipinski definition) is 1. The highest BCUT2D eigenvalue weighted by Crippen LogP contribution is 2.29. The molecule has 0 radical (unpaired) electrons. The molecule has 20 heavy (non-hydrogen) atoms. The van der Waals surface area contributed by atoms with Crippen LogP contribution in [0.4, 0.5) is 0 Å². The highest BCUT2D eigenvalue weighted by molar-refractivity contribution is 5.94. The molecular formula is C12H17N5O3. The Kier molecular flexibility index (Phi) is 3.84. The number of methoxy groups -OCH3 is 1. The standard InChI is InChI=1S/C12H17N5O3/c1-7-9(8(2)16(3)14-7)11-10(12(19)20-4)13-15-17(11)5-6-18/h18H,5-6H2,1-4H3. The third-order valence-corrected chi connectivity index (χ3v) is 3.17. The molecule has 0 amide bonds. The number of rotatable bonds is 4. The number of hydrogen-bond acceptors (Lipinski definition) is 6. The number of carbonyl (C=O) groups is 1. The number of carbonyl (C=O) groups excluding carboxylic acids is 1. The molecule has 8 heteroatoms. The SMILES string of the molecule is COC(=O)c1nnn(CCO)c1-c1c(C)nn(C)c1C. The maximum atomic E-state index is 11.8. The van der Waals surface area contributed by atoms with E-state index in [1.54, 1.807) is 4.68 Å². The highest BCUT2D eigenvalue weighted by atomic mass is 16.5. The van der Waals surface area contributed by atoms with Crippen LogP contribution in [0.5, 0.6) is 0 Å². The first-order valence-electron chi connectivity index (χ1n) is 6.14. The number of aliphatic hydroxyl groups excluding tert-OH is 1. The molecule has 1 N–H and O–H groups in total. The van der Waals surface area contributed by atoms with Crippen LogP contribution in [0.3, 0.4) is 0 Å². The van der Waals surface area contributed by atoms with Crippen molar-refractivity contribution in [2.24, 2.45) is 7.05 Å². The summed E-state index contributed by atoms with van der Waals surface area (Å²) in [7, 11) is 3.12. The Balaban J connectivity index is 2.69. The monoisotopic (exact) mass is 279 g/mol. The minimum atomic E-state index is -0.563. The van der Waals surface area contributed by atoms with Crippen molar-refractivity contribution in [2.75, 3.05) is 13.7 Å². The Bertz CT molecular complexity index is 644. The third-order valence-electron chi connectivity index (χ3n) is 3.17. The van der Waals surface area contributed by atoms with Gasteiger partial charge in [0.2, 0.25) is 0 Å². The van der Waals surface area contributed by atoms with E-state index in [1.165, 1.54) is 11.8 Å². The molecule has 0 bridgehead atoms. The summed E-state index contributed by atoms with van der Waals surface area (Å²) in [4.78, 5) is 11.8. The highest BCUT2D eigenvalue weighted by Gasteiger charge is 2.26. The van der Waals surface area contributed by atoms with Crippen LogP contribution in [0.1, 0.15) is 21.9 Å². The molecule has 0 aliphatic carbocycles. The molecule has 0 saturated heterocycles. The second-order valence-corrected chi connectivity index (χ2v) is 4.39. The lowest BCUT2D eigenvalue weighted by Crippen LogP contribution is -2.09. The summed E-state index contributed by atoms with van der Waals surface area (Å²) in [6.45, 7) is 3.88. The average molecular weight is 279 g/mol. The second kappa shape index (κ2) is 5.41. The van der Waals surface area contributed by atoms with Crippen LogP contribution >= 0.6 is 0 Å². The summed E-state index contributed by atoms with van der Waals surface area (Å²) in [6, 6.07) is 0. The van der Waals surface area contributed by atoms with Crippen molar-refractivity contribution in [3.63, 3.8) is 0 Å². The summed E-state index contributed by atoms with van der Waals surface area (Å²) in [5.41, 5.74) is 3.08. The van der Waals surface area contributed by atoms with Gasteiger partial charge in [0.25, 0.3) is 0 Å². The predicted molar refractivity (Wildman–Crippen MR) is 70.1 cm³/mol. The maximum Gasteiger partial charge on any atom is 0.360 e. The molecule has 0 saturated carbocycles. The van der Waals surface area contributed by atoms with Gasteiger partial charge in [-0.2, -0.15) is 5.10 Å². The molecule has 0 aliphatic rings. The largest absolute Gasteiger partial charge is 0.464 e. The van der Waals surface area contributed by atoms with Gasteiger partial charge in [-0.1, -0.05) is 5.21 Å². The minimum Gasteiger partial charge on any atom is -0.464 e. The fourth-order valence-electron chi connectivity index (χ4n) is 2.16. The van der Waals surface area contributed by atoms with Gasteiger partial charge in [-0.05, 0) is 13.8 Å². The summed E-state index contributed by atoms with van der Waals surface area (Å²) in [6.07, 6.45) is 0. The Morgan fingerprint density at radius 3 is 2.60 bits per heavy atom. The van der Waals surface area contributed by atoms with E-state index in [9.17, 15) is 4.79 Å². The van der Waals surface area contributed by atoms with Crippen molar-refractivity contribution >= 4 is 5.97 Å². The zero-order chi connectivity index (χ0) is 14.9. The van der Waals surface area contributed by atoms with Crippen LogP contribution in [0.2, 0.25) is 0 Å². The Morgan fingerprint density at radius 1 is 1.40 bits per heavy atom. The van der Waals surface area contributed by atoms with E-state index < -0.39 is 5.97 Å². The van der Waals surface area contributed by atoms with Gasteiger partial charge in [0, 0.05) is 18.3 Å². The molecular weight excluding hydrogens is 262 g/mol. The van der Waals surface area contributed by atoms with Crippen LogP contribution < -0.4 is 0 Å². The van der Waals surface area contributed by atoms with Crippen molar-refractivity contribution in [1.29, 1.82) is 0 Å². The number of nitrogens with zero attached hydrogens (tertiary/aromatic N) is 5. The van der Waals surface area contributed by atoms with Crippen molar-refractivity contribution in [3.05, 3.63) is 17.1 Å². The zero-order valence-corrected chi connectivity index (χ0v) is 11.9. The summed E-state index contributed by atoms with van der Waals surface area (Å²) in [5.74, 6) is -0.563. The van der Waals surface area contributed by atoms with E-state index in [4.69, 9.17) is 9.84 Å². The maximum absolute atomic E-state index is 11.8. The summed E-state index contributed by atoms with van der Waals surface area (Å²) in [5, 5.41) is 21.2. The molecule has 8 nitrogen and oxygen atoms in total. The quantitative estimate of drug-likeness (QED) is 0.796. The first-order chi connectivity index (χ1) is 9.51. The van der Waals surface area contributed by atoms with Crippen LogP contribution in [0, 0.1) is 13.8 Å². The number of aromatic nitrogens is 5. The molecule has 2 heterocycles. The summed E-state index contributed by atoms with van der Waals surface area (Å²) < 4.78 is 7.95. The Hall–Kier alpha value is -2.22. The molecule has 0 aromatic carbocycles. The van der Waals surface area contributed by atoms with Gasteiger partial charge in [-0.3, -0.25) is 4.68 Å². The fourth-order valence-corrected chi connectivity index (χ4v) is 2.16. The van der Waals surface area contributed by atoms with Crippen LogP contribution in [0.15, 0.2) is 0 Å². The van der Waals surface area contributed by atoms with E-state index in [2.05, 4.69) is 15.4 Å². The van der Waals surface area contributed by atoms with Crippen LogP contribution in [0.25, 0.3) is 11.3 Å². The van der Waals surface area contributed by atoms with E-state index in [-0.39, 0.29) is 18.8 Å². The molecule has 0 unspecified atom stereocenters. The summed E-state index contributed by atoms with van der Waals surface area (Å²) >= 11 is 0. The van der Waals surface area contributed by atoms with Gasteiger partial charge in [0.1, 0.15) is 5.69 Å². The molecule has 2 aromatic heterocycles. The predicted octanol–water partition coefficient (Wildman–Crippen LogP) is 0.0743. The topological polar surface area (TPSA) is 95.1 Å². The normalized spacial score (nSPS) is 10.8. The first kappa shape index (κ1) is 14.2. The van der Waals surface area contributed by atoms with Crippen molar-refractivity contribution < 1.29 is 14.6 Å². The van der Waals surface area contributed by atoms with E-state index >= 15 is 0 Å². The average Bonchev–Trinajstić information content (AvgIpc) is 2.92. The molecule has 2 rings (SSSR count). The molecule has 0 atom stereocenters. The van der Waals surface area contributed by atoms with Crippen LogP contribution in [-0.4, -0.2) is 49.6 Å². The minimum absolute atomic E-state index is 0.102. The number of esters is 1. The number of ether oxygens (including phenoxy) is 1. The van der Waals surface area contributed by atoms with E-state index in [0.717, 1.165) is 17.0 Å². The lowest BCUT2D eigenvalue weighted by Gasteiger charge is -2.07. The molecule has 0 spiro atoms. The lowest BCUT2D eigenvalue weighted by molar-refractivity contribution is 0.0595. The van der Waals surface area contributed by atoms with E-state index in [1.807, 2.05) is 20.9 Å². The van der Waals surface area contributed by atoms with Gasteiger partial charge in [0.15, 0.2) is 5.69 Å². The van der Waals surface area contributed by atoms with Gasteiger partial charge in [0.05, 0.1) is 26.0 Å². The smallest absolute Gasteiger partial charge is 0.360 e. The molecule has 2 aromatic rings. The number of aryl methyl sites for hydroxylation is 2. The number of aliphatic hydroxyl groups is 1. The first-order valence-corrected chi connectivity index (χ1v) is 6.14. The van der Waals surface area contributed by atoms with Gasteiger partial charge >= 0.3 is 5.97 Å². The molecule has 108 valence electrons. The van der Waals surface area contributed by atoms with Gasteiger partial charge in [-0.15, -0.1) is 5.10 Å². The Morgan fingerprint density at radius 2 is 2.10 bits per heavy atom. The van der Waals surface area contributed by atoms with E-state index in [0.29, 0.717) is 5.69 Å². The van der Waals surface area contributed by atoms with Crippen molar-refractivity contribution in [3.8, 4) is 11.3 Å². The van der Waals surface area contributed by atoms with Crippen molar-refractivity contribution in [2.45, 2.75) is 20.4 Å². The third kappa shape index (κ3) is 2.18. The lowest BCUT2D eigenvalue weighted by atomic mass is 10.1. The Labute approximate surface area is 116 Å².